The molecule has 2 N–H and O–H groups in total. The number of carbonyl (C=O) groups excluding carboxylic acids is 1. The maximum atomic E-state index is 11.0. The summed E-state index contributed by atoms with van der Waals surface area (Å²) in [6, 6.07) is 0.992. The van der Waals surface area contributed by atoms with Gasteiger partial charge in [-0.15, -0.1) is 0 Å². The Morgan fingerprint density at radius 1 is 1.55 bits per heavy atom. The molecule has 0 bridgehead atoms. The summed E-state index contributed by atoms with van der Waals surface area (Å²) in [5, 5.41) is 6.37. The van der Waals surface area contributed by atoms with Crippen LogP contribution in [0.3, 0.4) is 0 Å². The molecule has 11 heavy (non-hydrogen) atoms. The average Bonchev–Trinajstić information content (AvgIpc) is 2.32. The lowest BCUT2D eigenvalue weighted by Gasteiger charge is -2.27. The molecule has 0 saturated carbocycles. The molecular formula is C8H14N2O. The Balaban J connectivity index is 2.05. The van der Waals surface area contributed by atoms with Gasteiger partial charge < -0.3 is 10.6 Å². The number of nitrogens with one attached hydrogen (secondary N) is 2. The van der Waals surface area contributed by atoms with Crippen molar-refractivity contribution in [2.24, 2.45) is 5.92 Å². The highest BCUT2D eigenvalue weighted by atomic mass is 16.1. The maximum absolute atomic E-state index is 11.0. The van der Waals surface area contributed by atoms with E-state index in [1.54, 1.807) is 0 Å². The van der Waals surface area contributed by atoms with Gasteiger partial charge in [0.05, 0.1) is 0 Å². The van der Waals surface area contributed by atoms with Crippen LogP contribution in [0.4, 0.5) is 0 Å². The van der Waals surface area contributed by atoms with Gasteiger partial charge in [0.2, 0.25) is 5.91 Å². The first kappa shape index (κ1) is 7.10. The van der Waals surface area contributed by atoms with Crippen LogP contribution in [0.1, 0.15) is 19.8 Å². The molecule has 0 spiro atoms. The summed E-state index contributed by atoms with van der Waals surface area (Å²) in [5.41, 5.74) is 0. The number of rotatable bonds is 0. The van der Waals surface area contributed by atoms with Gasteiger partial charge in [-0.3, -0.25) is 4.79 Å². The van der Waals surface area contributed by atoms with E-state index in [1.807, 2.05) is 0 Å². The number of amides is 1. The Hall–Kier alpha value is -0.570. The van der Waals surface area contributed by atoms with E-state index >= 15 is 0 Å². The molecule has 2 aliphatic rings. The quantitative estimate of drug-likeness (QED) is 0.510. The fourth-order valence-corrected chi connectivity index (χ4v) is 2.15. The second-order valence-corrected chi connectivity index (χ2v) is 3.57. The Labute approximate surface area is 66.5 Å². The van der Waals surface area contributed by atoms with E-state index in [2.05, 4.69) is 17.6 Å². The zero-order valence-electron chi connectivity index (χ0n) is 6.76. The fourth-order valence-electron chi connectivity index (χ4n) is 2.15. The molecule has 0 radical (unpaired) electrons. The standard InChI is InChI=1S/C8H14N2O/c1-5-6-2-3-8(11)10-7(6)4-9-5/h5-7,9H,2-4H2,1H3,(H,10,11). The third kappa shape index (κ3) is 1.13. The number of hydrogen-bond acceptors (Lipinski definition) is 2. The lowest BCUT2D eigenvalue weighted by atomic mass is 9.89. The summed E-state index contributed by atoms with van der Waals surface area (Å²) in [6.45, 7) is 3.15. The van der Waals surface area contributed by atoms with Crippen LogP contribution in [-0.2, 0) is 4.79 Å². The predicted molar refractivity (Wildman–Crippen MR) is 42.1 cm³/mol. The predicted octanol–water partition coefficient (Wildman–Crippen LogP) is -0.127. The second-order valence-electron chi connectivity index (χ2n) is 3.57. The number of fused-ring (bicyclic) bond motifs is 1. The fraction of sp³-hybridized carbons (Fsp3) is 0.875. The van der Waals surface area contributed by atoms with Crippen molar-refractivity contribution in [1.29, 1.82) is 0 Å². The van der Waals surface area contributed by atoms with Crippen molar-refractivity contribution in [2.45, 2.75) is 31.8 Å². The molecule has 2 saturated heterocycles. The molecule has 0 aromatic heterocycles. The SMILES string of the molecule is CC1NCC2NC(=O)CCC12. The van der Waals surface area contributed by atoms with Crippen LogP contribution in [0.25, 0.3) is 0 Å². The number of piperidine rings is 1. The van der Waals surface area contributed by atoms with Crippen molar-refractivity contribution in [1.82, 2.24) is 10.6 Å². The highest BCUT2D eigenvalue weighted by Gasteiger charge is 2.36. The Kier molecular flexibility index (Phi) is 1.60. The molecular weight excluding hydrogens is 140 g/mol. The first-order valence-electron chi connectivity index (χ1n) is 4.30. The molecule has 3 nitrogen and oxygen atoms in total. The lowest BCUT2D eigenvalue weighted by Crippen LogP contribution is -2.45. The minimum atomic E-state index is 0.224. The monoisotopic (exact) mass is 154 g/mol. The van der Waals surface area contributed by atoms with Gasteiger partial charge in [0, 0.05) is 25.0 Å². The molecule has 1 amide bonds. The molecule has 3 unspecified atom stereocenters. The molecule has 0 aliphatic carbocycles. The molecule has 2 fully saturated rings. The van der Waals surface area contributed by atoms with Crippen LogP contribution in [0.5, 0.6) is 0 Å². The first-order chi connectivity index (χ1) is 5.27. The Bertz CT molecular complexity index is 181. The smallest absolute Gasteiger partial charge is 0.220 e. The van der Waals surface area contributed by atoms with Gasteiger partial charge in [-0.1, -0.05) is 0 Å². The van der Waals surface area contributed by atoms with Crippen LogP contribution in [0.15, 0.2) is 0 Å². The van der Waals surface area contributed by atoms with E-state index in [9.17, 15) is 4.79 Å². The summed E-state index contributed by atoms with van der Waals surface area (Å²) in [7, 11) is 0. The lowest BCUT2D eigenvalue weighted by molar-refractivity contribution is -0.123. The highest BCUT2D eigenvalue weighted by Crippen LogP contribution is 2.24. The van der Waals surface area contributed by atoms with Crippen molar-refractivity contribution in [3.63, 3.8) is 0 Å². The summed E-state index contributed by atoms with van der Waals surface area (Å²) in [6.07, 6.45) is 1.78. The van der Waals surface area contributed by atoms with E-state index in [0.29, 0.717) is 24.4 Å². The number of carbonyl (C=O) groups is 1. The molecule has 0 aromatic rings. The van der Waals surface area contributed by atoms with E-state index < -0.39 is 0 Å². The van der Waals surface area contributed by atoms with Gasteiger partial charge in [-0.2, -0.15) is 0 Å². The third-order valence-corrected chi connectivity index (χ3v) is 2.87. The zero-order chi connectivity index (χ0) is 7.84. The molecule has 2 rings (SSSR count). The zero-order valence-corrected chi connectivity index (χ0v) is 6.76. The van der Waals surface area contributed by atoms with Crippen LogP contribution < -0.4 is 10.6 Å². The molecule has 3 heteroatoms. The van der Waals surface area contributed by atoms with Gasteiger partial charge >= 0.3 is 0 Å². The minimum Gasteiger partial charge on any atom is -0.352 e. The van der Waals surface area contributed by atoms with Crippen LogP contribution >= 0.6 is 0 Å². The summed E-state index contributed by atoms with van der Waals surface area (Å²) in [5.74, 6) is 0.898. The second kappa shape index (κ2) is 2.48. The number of hydrogen-bond donors (Lipinski definition) is 2. The molecule has 2 heterocycles. The van der Waals surface area contributed by atoms with Gasteiger partial charge in [0.1, 0.15) is 0 Å². The van der Waals surface area contributed by atoms with Crippen molar-refractivity contribution in [2.75, 3.05) is 6.54 Å². The van der Waals surface area contributed by atoms with Crippen LogP contribution in [0.2, 0.25) is 0 Å². The molecule has 0 aromatic carbocycles. The summed E-state index contributed by atoms with van der Waals surface area (Å²) in [4.78, 5) is 11.0. The van der Waals surface area contributed by atoms with Crippen molar-refractivity contribution in [3.05, 3.63) is 0 Å². The van der Waals surface area contributed by atoms with E-state index in [0.717, 1.165) is 13.0 Å². The van der Waals surface area contributed by atoms with Gasteiger partial charge in [0.25, 0.3) is 0 Å². The van der Waals surface area contributed by atoms with Crippen molar-refractivity contribution < 1.29 is 4.79 Å². The normalized spacial score (nSPS) is 43.4. The van der Waals surface area contributed by atoms with Crippen LogP contribution in [0, 0.1) is 5.92 Å². The highest BCUT2D eigenvalue weighted by molar-refractivity contribution is 5.77. The largest absolute Gasteiger partial charge is 0.352 e. The van der Waals surface area contributed by atoms with E-state index in [-0.39, 0.29) is 5.91 Å². The maximum Gasteiger partial charge on any atom is 0.220 e. The molecule has 2 aliphatic heterocycles. The topological polar surface area (TPSA) is 41.1 Å². The van der Waals surface area contributed by atoms with Crippen molar-refractivity contribution >= 4 is 5.91 Å². The van der Waals surface area contributed by atoms with Crippen LogP contribution in [-0.4, -0.2) is 24.5 Å². The molecule has 3 atom stereocenters. The Morgan fingerprint density at radius 2 is 2.36 bits per heavy atom. The van der Waals surface area contributed by atoms with Gasteiger partial charge in [-0.05, 0) is 19.3 Å². The first-order valence-corrected chi connectivity index (χ1v) is 4.30. The summed E-state index contributed by atoms with van der Waals surface area (Å²) < 4.78 is 0. The molecule has 62 valence electrons. The van der Waals surface area contributed by atoms with Gasteiger partial charge in [-0.25, -0.2) is 0 Å². The third-order valence-electron chi connectivity index (χ3n) is 2.87. The average molecular weight is 154 g/mol. The van der Waals surface area contributed by atoms with E-state index in [4.69, 9.17) is 0 Å². The summed E-state index contributed by atoms with van der Waals surface area (Å²) >= 11 is 0. The van der Waals surface area contributed by atoms with E-state index in [1.165, 1.54) is 0 Å². The minimum absolute atomic E-state index is 0.224. The van der Waals surface area contributed by atoms with Gasteiger partial charge in [0.15, 0.2) is 0 Å². The van der Waals surface area contributed by atoms with Crippen molar-refractivity contribution in [3.8, 4) is 0 Å². The Morgan fingerprint density at radius 3 is 3.18 bits per heavy atom.